The Morgan fingerprint density at radius 3 is 2.25 bits per heavy atom. The van der Waals surface area contributed by atoms with Crippen LogP contribution in [0.3, 0.4) is 0 Å². The minimum Gasteiger partial charge on any atom is -0.494 e. The summed E-state index contributed by atoms with van der Waals surface area (Å²) in [6.45, 7) is 4.33. The van der Waals surface area contributed by atoms with E-state index < -0.39 is 0 Å². The largest absolute Gasteiger partial charge is 0.494 e. The van der Waals surface area contributed by atoms with Crippen LogP contribution in [0.5, 0.6) is 11.5 Å². The Morgan fingerprint density at radius 2 is 1.67 bits per heavy atom. The standard InChI is InChI=1S/C18H19Cl2NO3/c1-3-23-14-5-7-15(8-6-14)24-11-18(22)21-12(2)13-4-9-16(19)17(20)10-13/h4-10,12H,3,11H2,1-2H3,(H,21,22). The molecule has 2 aromatic rings. The van der Waals surface area contributed by atoms with Crippen LogP contribution in [0.2, 0.25) is 10.0 Å². The summed E-state index contributed by atoms with van der Waals surface area (Å²) in [5, 5.41) is 3.80. The van der Waals surface area contributed by atoms with Crippen molar-refractivity contribution in [2.45, 2.75) is 19.9 Å². The third kappa shape index (κ3) is 5.32. The van der Waals surface area contributed by atoms with Crippen molar-refractivity contribution in [3.05, 3.63) is 58.1 Å². The minimum atomic E-state index is -0.220. The monoisotopic (exact) mass is 367 g/mol. The SMILES string of the molecule is CCOc1ccc(OCC(=O)NC(C)c2ccc(Cl)c(Cl)c2)cc1. The van der Waals surface area contributed by atoms with E-state index in [0.717, 1.165) is 11.3 Å². The Labute approximate surface area is 151 Å². The highest BCUT2D eigenvalue weighted by Gasteiger charge is 2.11. The zero-order valence-corrected chi connectivity index (χ0v) is 15.0. The van der Waals surface area contributed by atoms with Gasteiger partial charge in [0.05, 0.1) is 22.7 Å². The number of hydrogen-bond acceptors (Lipinski definition) is 3. The molecular formula is C18H19Cl2NO3. The number of nitrogens with one attached hydrogen (secondary N) is 1. The van der Waals surface area contributed by atoms with Gasteiger partial charge in [-0.3, -0.25) is 4.79 Å². The maximum absolute atomic E-state index is 12.0. The van der Waals surface area contributed by atoms with Crippen molar-refractivity contribution in [3.8, 4) is 11.5 Å². The van der Waals surface area contributed by atoms with Gasteiger partial charge in [0.2, 0.25) is 0 Å². The first-order valence-corrected chi connectivity index (χ1v) is 8.35. The fourth-order valence-corrected chi connectivity index (χ4v) is 2.40. The summed E-state index contributed by atoms with van der Waals surface area (Å²) in [6, 6.07) is 12.2. The zero-order valence-electron chi connectivity index (χ0n) is 13.5. The highest BCUT2D eigenvalue weighted by molar-refractivity contribution is 6.42. The van der Waals surface area contributed by atoms with Crippen molar-refractivity contribution >= 4 is 29.1 Å². The van der Waals surface area contributed by atoms with Gasteiger partial charge in [-0.25, -0.2) is 0 Å². The number of hydrogen-bond donors (Lipinski definition) is 1. The molecule has 6 heteroatoms. The van der Waals surface area contributed by atoms with E-state index in [1.165, 1.54) is 0 Å². The first-order valence-electron chi connectivity index (χ1n) is 7.59. The summed E-state index contributed by atoms with van der Waals surface area (Å²) in [5.74, 6) is 1.15. The third-order valence-corrected chi connectivity index (χ3v) is 4.06. The molecule has 0 aliphatic rings. The van der Waals surface area contributed by atoms with Gasteiger partial charge < -0.3 is 14.8 Å². The van der Waals surface area contributed by atoms with Gasteiger partial charge in [-0.1, -0.05) is 29.3 Å². The molecule has 0 fully saturated rings. The summed E-state index contributed by atoms with van der Waals surface area (Å²) in [7, 11) is 0. The molecule has 0 aliphatic heterocycles. The highest BCUT2D eigenvalue weighted by atomic mass is 35.5. The average molecular weight is 368 g/mol. The summed E-state index contributed by atoms with van der Waals surface area (Å²) < 4.78 is 10.8. The van der Waals surface area contributed by atoms with E-state index in [4.69, 9.17) is 32.7 Å². The second-order valence-electron chi connectivity index (χ2n) is 5.16. The summed E-state index contributed by atoms with van der Waals surface area (Å²) in [6.07, 6.45) is 0. The lowest BCUT2D eigenvalue weighted by atomic mass is 10.1. The normalized spacial score (nSPS) is 11.7. The predicted octanol–water partition coefficient (Wildman–Crippen LogP) is 4.65. The van der Waals surface area contributed by atoms with Crippen LogP contribution in [0.15, 0.2) is 42.5 Å². The van der Waals surface area contributed by atoms with Gasteiger partial charge in [-0.15, -0.1) is 0 Å². The fraction of sp³-hybridized carbons (Fsp3) is 0.278. The number of carbonyl (C=O) groups excluding carboxylic acids is 1. The van der Waals surface area contributed by atoms with Crippen LogP contribution in [-0.4, -0.2) is 19.1 Å². The van der Waals surface area contributed by atoms with E-state index in [1.54, 1.807) is 36.4 Å². The second kappa shape index (κ2) is 8.81. The highest BCUT2D eigenvalue weighted by Crippen LogP contribution is 2.25. The lowest BCUT2D eigenvalue weighted by Crippen LogP contribution is -2.31. The van der Waals surface area contributed by atoms with Gasteiger partial charge in [-0.05, 0) is 55.8 Å². The van der Waals surface area contributed by atoms with E-state index >= 15 is 0 Å². The van der Waals surface area contributed by atoms with E-state index in [2.05, 4.69) is 5.32 Å². The molecule has 0 spiro atoms. The van der Waals surface area contributed by atoms with E-state index in [9.17, 15) is 4.79 Å². The molecule has 0 radical (unpaired) electrons. The molecule has 4 nitrogen and oxygen atoms in total. The molecule has 0 heterocycles. The van der Waals surface area contributed by atoms with Crippen LogP contribution in [0, 0.1) is 0 Å². The molecule has 2 rings (SSSR count). The number of ether oxygens (including phenoxy) is 2. The minimum absolute atomic E-state index is 0.0698. The van der Waals surface area contributed by atoms with Crippen LogP contribution in [0.25, 0.3) is 0 Å². The molecule has 24 heavy (non-hydrogen) atoms. The smallest absolute Gasteiger partial charge is 0.258 e. The number of amides is 1. The molecule has 2 aromatic carbocycles. The van der Waals surface area contributed by atoms with E-state index in [0.29, 0.717) is 22.4 Å². The topological polar surface area (TPSA) is 47.6 Å². The summed E-state index contributed by atoms with van der Waals surface area (Å²) in [5.41, 5.74) is 0.874. The molecule has 1 amide bonds. The summed E-state index contributed by atoms with van der Waals surface area (Å²) in [4.78, 5) is 12.0. The Balaban J connectivity index is 1.84. The van der Waals surface area contributed by atoms with Crippen LogP contribution >= 0.6 is 23.2 Å². The van der Waals surface area contributed by atoms with Gasteiger partial charge >= 0.3 is 0 Å². The number of carbonyl (C=O) groups is 1. The first kappa shape index (κ1) is 18.4. The third-order valence-electron chi connectivity index (χ3n) is 3.33. The number of halogens is 2. The van der Waals surface area contributed by atoms with Gasteiger partial charge in [0.15, 0.2) is 6.61 Å². The van der Waals surface area contributed by atoms with Gasteiger partial charge in [0, 0.05) is 0 Å². The van der Waals surface area contributed by atoms with E-state index in [-0.39, 0.29) is 18.6 Å². The molecule has 0 saturated carbocycles. The molecule has 1 unspecified atom stereocenters. The quantitative estimate of drug-likeness (QED) is 0.774. The lowest BCUT2D eigenvalue weighted by molar-refractivity contribution is -0.123. The maximum Gasteiger partial charge on any atom is 0.258 e. The van der Waals surface area contributed by atoms with Crippen molar-refractivity contribution in [2.24, 2.45) is 0 Å². The second-order valence-corrected chi connectivity index (χ2v) is 5.97. The Bertz CT molecular complexity index is 689. The molecule has 128 valence electrons. The average Bonchev–Trinajstić information content (AvgIpc) is 2.57. The first-order chi connectivity index (χ1) is 11.5. The van der Waals surface area contributed by atoms with Crippen LogP contribution in [0.4, 0.5) is 0 Å². The van der Waals surface area contributed by atoms with Crippen LogP contribution in [-0.2, 0) is 4.79 Å². The lowest BCUT2D eigenvalue weighted by Gasteiger charge is -2.15. The van der Waals surface area contributed by atoms with Gasteiger partial charge in [0.25, 0.3) is 5.91 Å². The molecule has 0 bridgehead atoms. The molecule has 0 saturated heterocycles. The predicted molar refractivity (Wildman–Crippen MR) is 96.1 cm³/mol. The van der Waals surface area contributed by atoms with Gasteiger partial charge in [-0.2, -0.15) is 0 Å². The van der Waals surface area contributed by atoms with Crippen molar-refractivity contribution in [2.75, 3.05) is 13.2 Å². The summed E-state index contributed by atoms with van der Waals surface area (Å²) >= 11 is 11.9. The number of rotatable bonds is 7. The van der Waals surface area contributed by atoms with Crippen LogP contribution in [0.1, 0.15) is 25.5 Å². The maximum atomic E-state index is 12.0. The van der Waals surface area contributed by atoms with Crippen LogP contribution < -0.4 is 14.8 Å². The van der Waals surface area contributed by atoms with Crippen molar-refractivity contribution < 1.29 is 14.3 Å². The Kier molecular flexibility index (Phi) is 6.76. The van der Waals surface area contributed by atoms with Gasteiger partial charge in [0.1, 0.15) is 11.5 Å². The fourth-order valence-electron chi connectivity index (χ4n) is 2.10. The Hall–Kier alpha value is -1.91. The number of benzene rings is 2. The van der Waals surface area contributed by atoms with Crippen molar-refractivity contribution in [3.63, 3.8) is 0 Å². The molecule has 1 N–H and O–H groups in total. The molecule has 0 aromatic heterocycles. The van der Waals surface area contributed by atoms with E-state index in [1.807, 2.05) is 19.9 Å². The molecule has 1 atom stereocenters. The Morgan fingerprint density at radius 1 is 1.04 bits per heavy atom. The molecule has 0 aliphatic carbocycles. The van der Waals surface area contributed by atoms with Crippen molar-refractivity contribution in [1.82, 2.24) is 5.32 Å². The zero-order chi connectivity index (χ0) is 17.5. The van der Waals surface area contributed by atoms with Crippen molar-refractivity contribution in [1.29, 1.82) is 0 Å². The molecular weight excluding hydrogens is 349 g/mol.